The lowest BCUT2D eigenvalue weighted by atomic mass is 10.4. The number of carboxylic acid groups (broad SMARTS) is 2. The van der Waals surface area contributed by atoms with Crippen molar-refractivity contribution in [1.82, 2.24) is 14.3 Å². The van der Waals surface area contributed by atoms with Crippen LogP contribution in [0.2, 0.25) is 0 Å². The van der Waals surface area contributed by atoms with E-state index in [1.165, 1.54) is 18.6 Å². The van der Waals surface area contributed by atoms with Crippen LogP contribution in [0.4, 0.5) is 9.59 Å². The fourth-order valence-corrected chi connectivity index (χ4v) is 1.18. The third-order valence-electron chi connectivity index (χ3n) is 1.78. The van der Waals surface area contributed by atoms with Gasteiger partial charge in [-0.1, -0.05) is 0 Å². The van der Waals surface area contributed by atoms with Gasteiger partial charge < -0.3 is 10.2 Å². The molecule has 2 aromatic heterocycles. The predicted octanol–water partition coefficient (Wildman–Crippen LogP) is 0.890. The summed E-state index contributed by atoms with van der Waals surface area (Å²) in [6, 6.07) is 0. The standard InChI is InChI=1S/C7H5N3O4/c11-6(12)9-2-4-1-8-10(7(13)14)5(4)3-9/h1-3H,(H,11,12)(H,13,14). The van der Waals surface area contributed by atoms with Crippen molar-refractivity contribution in [3.63, 3.8) is 0 Å². The summed E-state index contributed by atoms with van der Waals surface area (Å²) < 4.78 is 1.60. The second-order valence-corrected chi connectivity index (χ2v) is 2.63. The molecule has 0 aliphatic heterocycles. The highest BCUT2D eigenvalue weighted by molar-refractivity contribution is 5.89. The molecule has 0 spiro atoms. The van der Waals surface area contributed by atoms with Crippen LogP contribution in [-0.4, -0.2) is 36.7 Å². The van der Waals surface area contributed by atoms with Crippen molar-refractivity contribution in [2.24, 2.45) is 0 Å². The number of rotatable bonds is 0. The normalized spacial score (nSPS) is 10.6. The molecule has 0 saturated heterocycles. The Morgan fingerprint density at radius 2 is 1.93 bits per heavy atom. The average Bonchev–Trinajstić information content (AvgIpc) is 2.58. The minimum absolute atomic E-state index is 0.250. The van der Waals surface area contributed by atoms with Crippen LogP contribution in [0.15, 0.2) is 18.6 Å². The molecule has 7 nitrogen and oxygen atoms in total. The van der Waals surface area contributed by atoms with Gasteiger partial charge in [0, 0.05) is 17.8 Å². The first-order chi connectivity index (χ1) is 6.59. The van der Waals surface area contributed by atoms with E-state index in [0.717, 1.165) is 9.25 Å². The summed E-state index contributed by atoms with van der Waals surface area (Å²) in [5.41, 5.74) is 0.250. The fourth-order valence-electron chi connectivity index (χ4n) is 1.18. The predicted molar refractivity (Wildman–Crippen MR) is 44.6 cm³/mol. The maximum Gasteiger partial charge on any atom is 0.432 e. The molecule has 2 N–H and O–H groups in total. The quantitative estimate of drug-likeness (QED) is 0.650. The van der Waals surface area contributed by atoms with Gasteiger partial charge in [0.25, 0.3) is 0 Å². The Kier molecular flexibility index (Phi) is 1.53. The summed E-state index contributed by atoms with van der Waals surface area (Å²) in [5, 5.41) is 21.3. The molecule has 72 valence electrons. The first-order valence-corrected chi connectivity index (χ1v) is 3.62. The van der Waals surface area contributed by atoms with Gasteiger partial charge in [0.1, 0.15) is 0 Å². The van der Waals surface area contributed by atoms with Gasteiger partial charge in [-0.3, -0.25) is 4.57 Å². The molecule has 0 amide bonds. The largest absolute Gasteiger partial charge is 0.464 e. The lowest BCUT2D eigenvalue weighted by molar-refractivity contribution is 0.192. The van der Waals surface area contributed by atoms with Gasteiger partial charge in [0.2, 0.25) is 0 Å². The summed E-state index contributed by atoms with van der Waals surface area (Å²) >= 11 is 0. The second-order valence-electron chi connectivity index (χ2n) is 2.63. The van der Waals surface area contributed by atoms with Crippen LogP contribution in [-0.2, 0) is 0 Å². The van der Waals surface area contributed by atoms with E-state index in [4.69, 9.17) is 10.2 Å². The number of aromatic nitrogens is 3. The average molecular weight is 195 g/mol. The molecule has 0 atom stereocenters. The van der Waals surface area contributed by atoms with E-state index < -0.39 is 12.2 Å². The van der Waals surface area contributed by atoms with Crippen LogP contribution in [0, 0.1) is 0 Å². The summed E-state index contributed by atoms with van der Waals surface area (Å²) in [7, 11) is 0. The summed E-state index contributed by atoms with van der Waals surface area (Å²) in [5.74, 6) is 0. The molecule has 2 heterocycles. The van der Waals surface area contributed by atoms with Crippen LogP contribution in [0.1, 0.15) is 0 Å². The van der Waals surface area contributed by atoms with Crippen molar-refractivity contribution < 1.29 is 19.8 Å². The number of carbonyl (C=O) groups is 2. The highest BCUT2D eigenvalue weighted by Gasteiger charge is 2.12. The number of hydrogen-bond acceptors (Lipinski definition) is 3. The fraction of sp³-hybridized carbons (Fsp3) is 0. The first kappa shape index (κ1) is 8.30. The van der Waals surface area contributed by atoms with Crippen LogP contribution >= 0.6 is 0 Å². The van der Waals surface area contributed by atoms with Crippen LogP contribution in [0.25, 0.3) is 10.9 Å². The van der Waals surface area contributed by atoms with Gasteiger partial charge in [-0.15, -0.1) is 0 Å². The van der Waals surface area contributed by atoms with Crippen LogP contribution in [0.5, 0.6) is 0 Å². The maximum atomic E-state index is 10.6. The Hall–Kier alpha value is -2.31. The molecule has 0 aliphatic rings. The smallest absolute Gasteiger partial charge is 0.432 e. The Bertz CT molecular complexity index is 524. The molecule has 0 saturated carbocycles. The zero-order valence-electron chi connectivity index (χ0n) is 6.78. The Balaban J connectivity index is 2.67. The topological polar surface area (TPSA) is 97.4 Å². The van der Waals surface area contributed by atoms with Gasteiger partial charge in [-0.05, 0) is 0 Å². The van der Waals surface area contributed by atoms with E-state index >= 15 is 0 Å². The minimum atomic E-state index is -1.25. The van der Waals surface area contributed by atoms with E-state index in [2.05, 4.69) is 5.10 Å². The molecule has 14 heavy (non-hydrogen) atoms. The first-order valence-electron chi connectivity index (χ1n) is 3.62. The number of fused-ring (bicyclic) bond motifs is 1. The molecular weight excluding hydrogens is 190 g/mol. The van der Waals surface area contributed by atoms with Crippen molar-refractivity contribution in [2.75, 3.05) is 0 Å². The van der Waals surface area contributed by atoms with E-state index in [1.807, 2.05) is 0 Å². The number of nitrogens with zero attached hydrogens (tertiary/aromatic N) is 3. The Morgan fingerprint density at radius 1 is 1.21 bits per heavy atom. The molecule has 0 radical (unpaired) electrons. The molecule has 0 fully saturated rings. The van der Waals surface area contributed by atoms with Gasteiger partial charge in [0.05, 0.1) is 11.7 Å². The van der Waals surface area contributed by atoms with Crippen molar-refractivity contribution in [3.05, 3.63) is 18.6 Å². The molecule has 0 aromatic carbocycles. The monoisotopic (exact) mass is 195 g/mol. The van der Waals surface area contributed by atoms with E-state index in [-0.39, 0.29) is 5.52 Å². The second kappa shape index (κ2) is 2.59. The summed E-state index contributed by atoms with van der Waals surface area (Å²) in [6.45, 7) is 0. The molecular formula is C7H5N3O4. The zero-order valence-corrected chi connectivity index (χ0v) is 6.78. The van der Waals surface area contributed by atoms with Gasteiger partial charge in [-0.25, -0.2) is 9.59 Å². The van der Waals surface area contributed by atoms with Gasteiger partial charge >= 0.3 is 12.2 Å². The minimum Gasteiger partial charge on any atom is -0.464 e. The van der Waals surface area contributed by atoms with Crippen molar-refractivity contribution in [1.29, 1.82) is 0 Å². The highest BCUT2D eigenvalue weighted by atomic mass is 16.4. The lowest BCUT2D eigenvalue weighted by Crippen LogP contribution is -2.09. The van der Waals surface area contributed by atoms with Crippen LogP contribution in [0.3, 0.4) is 0 Å². The Labute approximate surface area is 76.8 Å². The summed E-state index contributed by atoms with van der Waals surface area (Å²) in [4.78, 5) is 21.1. The van der Waals surface area contributed by atoms with Gasteiger partial charge in [-0.2, -0.15) is 9.78 Å². The van der Waals surface area contributed by atoms with Crippen LogP contribution < -0.4 is 0 Å². The zero-order chi connectivity index (χ0) is 10.3. The maximum absolute atomic E-state index is 10.6. The lowest BCUT2D eigenvalue weighted by Gasteiger charge is -1.92. The van der Waals surface area contributed by atoms with Crippen molar-refractivity contribution in [2.45, 2.75) is 0 Å². The molecule has 2 rings (SSSR count). The van der Waals surface area contributed by atoms with Crippen molar-refractivity contribution >= 4 is 23.1 Å². The highest BCUT2D eigenvalue weighted by Crippen LogP contribution is 2.14. The van der Waals surface area contributed by atoms with E-state index in [1.54, 1.807) is 0 Å². The third-order valence-corrected chi connectivity index (χ3v) is 1.78. The Morgan fingerprint density at radius 3 is 2.50 bits per heavy atom. The van der Waals surface area contributed by atoms with Crippen molar-refractivity contribution in [3.8, 4) is 0 Å². The molecule has 0 aliphatic carbocycles. The molecule has 2 aromatic rings. The SMILES string of the molecule is O=C(O)n1cc2cnn(C(=O)O)c2c1. The third kappa shape index (κ3) is 1.03. The van der Waals surface area contributed by atoms with Gasteiger partial charge in [0.15, 0.2) is 0 Å². The molecule has 0 bridgehead atoms. The molecule has 7 heteroatoms. The van der Waals surface area contributed by atoms with E-state index in [0.29, 0.717) is 5.39 Å². The van der Waals surface area contributed by atoms with E-state index in [9.17, 15) is 9.59 Å². The molecule has 0 unspecified atom stereocenters. The number of hydrogen-bond donors (Lipinski definition) is 2. The summed E-state index contributed by atoms with van der Waals surface area (Å²) in [6.07, 6.45) is 1.37.